The number of nitrogens with one attached hydrogen (secondary N) is 1. The molecule has 3 rings (SSSR count). The van der Waals surface area contributed by atoms with Crippen LogP contribution >= 0.6 is 0 Å². The van der Waals surface area contributed by atoms with E-state index in [2.05, 4.69) is 15.5 Å². The average molecular weight is 286 g/mol. The van der Waals surface area contributed by atoms with Gasteiger partial charge in [0.1, 0.15) is 0 Å². The Labute approximate surface area is 122 Å². The van der Waals surface area contributed by atoms with Crippen LogP contribution in [0.15, 0.2) is 36.5 Å². The van der Waals surface area contributed by atoms with Gasteiger partial charge in [-0.1, -0.05) is 18.2 Å². The molecule has 1 aromatic heterocycles. The van der Waals surface area contributed by atoms with E-state index >= 15 is 0 Å². The Kier molecular flexibility index (Phi) is 3.70. The normalized spacial score (nSPS) is 15.7. The van der Waals surface area contributed by atoms with Crippen LogP contribution < -0.4 is 5.32 Å². The SMILES string of the molecule is O=C(NCC1(CCO)CC1)c1cnn(-c2ccccc2)n1. The molecule has 0 radical (unpaired) electrons. The van der Waals surface area contributed by atoms with Gasteiger partial charge < -0.3 is 10.4 Å². The maximum Gasteiger partial charge on any atom is 0.273 e. The van der Waals surface area contributed by atoms with Crippen molar-refractivity contribution >= 4 is 5.91 Å². The van der Waals surface area contributed by atoms with Crippen molar-refractivity contribution in [1.29, 1.82) is 0 Å². The van der Waals surface area contributed by atoms with Crippen LogP contribution in [-0.4, -0.2) is 39.2 Å². The highest BCUT2D eigenvalue weighted by molar-refractivity contribution is 5.91. The van der Waals surface area contributed by atoms with Crippen molar-refractivity contribution in [3.63, 3.8) is 0 Å². The minimum atomic E-state index is -0.221. The van der Waals surface area contributed by atoms with Gasteiger partial charge in [0.25, 0.3) is 5.91 Å². The van der Waals surface area contributed by atoms with Gasteiger partial charge in [0, 0.05) is 13.2 Å². The summed E-state index contributed by atoms with van der Waals surface area (Å²) in [6.45, 7) is 0.755. The summed E-state index contributed by atoms with van der Waals surface area (Å²) in [5.41, 5.74) is 1.22. The highest BCUT2D eigenvalue weighted by Gasteiger charge is 2.42. The van der Waals surface area contributed by atoms with Crippen molar-refractivity contribution in [2.24, 2.45) is 5.41 Å². The molecule has 0 aliphatic heterocycles. The molecule has 6 heteroatoms. The van der Waals surface area contributed by atoms with Crippen molar-refractivity contribution in [2.75, 3.05) is 13.2 Å². The maximum atomic E-state index is 12.1. The Balaban J connectivity index is 1.62. The lowest BCUT2D eigenvalue weighted by molar-refractivity contribution is 0.0935. The van der Waals surface area contributed by atoms with Crippen LogP contribution in [0.3, 0.4) is 0 Å². The fourth-order valence-electron chi connectivity index (χ4n) is 2.34. The second-order valence-electron chi connectivity index (χ2n) is 5.51. The van der Waals surface area contributed by atoms with E-state index in [0.29, 0.717) is 12.2 Å². The topological polar surface area (TPSA) is 80.0 Å². The number of carbonyl (C=O) groups is 1. The van der Waals surface area contributed by atoms with E-state index in [1.165, 1.54) is 11.0 Å². The average Bonchev–Trinajstić information content (AvgIpc) is 3.10. The Morgan fingerprint density at radius 1 is 1.33 bits per heavy atom. The molecule has 0 atom stereocenters. The van der Waals surface area contributed by atoms with Gasteiger partial charge >= 0.3 is 0 Å². The molecule has 1 aliphatic rings. The largest absolute Gasteiger partial charge is 0.396 e. The van der Waals surface area contributed by atoms with Crippen molar-refractivity contribution in [1.82, 2.24) is 20.3 Å². The van der Waals surface area contributed by atoms with Crippen LogP contribution in [-0.2, 0) is 0 Å². The monoisotopic (exact) mass is 286 g/mol. The first-order chi connectivity index (χ1) is 10.2. The van der Waals surface area contributed by atoms with Crippen LogP contribution in [0.2, 0.25) is 0 Å². The van der Waals surface area contributed by atoms with Crippen LogP contribution in [0.5, 0.6) is 0 Å². The molecule has 0 spiro atoms. The van der Waals surface area contributed by atoms with Gasteiger partial charge in [-0.25, -0.2) is 0 Å². The number of aromatic nitrogens is 3. The van der Waals surface area contributed by atoms with Crippen LogP contribution in [0, 0.1) is 5.41 Å². The molecule has 0 bridgehead atoms. The Bertz CT molecular complexity index is 620. The second kappa shape index (κ2) is 5.65. The summed E-state index contributed by atoms with van der Waals surface area (Å²) in [6, 6.07) is 9.45. The van der Waals surface area contributed by atoms with E-state index in [9.17, 15) is 4.79 Å². The fourth-order valence-corrected chi connectivity index (χ4v) is 2.34. The van der Waals surface area contributed by atoms with Crippen LogP contribution in [0.4, 0.5) is 0 Å². The zero-order valence-electron chi connectivity index (χ0n) is 11.7. The van der Waals surface area contributed by atoms with Crippen molar-refractivity contribution in [3.05, 3.63) is 42.2 Å². The fraction of sp³-hybridized carbons (Fsp3) is 0.400. The standard InChI is InChI=1S/C15H18N4O2/c20-9-8-15(6-7-15)11-16-14(21)13-10-17-19(18-13)12-4-2-1-3-5-12/h1-5,10,20H,6-9,11H2,(H,16,21). The van der Waals surface area contributed by atoms with Gasteiger partial charge in [-0.15, -0.1) is 5.10 Å². The molecule has 1 aliphatic carbocycles. The highest BCUT2D eigenvalue weighted by atomic mass is 16.3. The van der Waals surface area contributed by atoms with Crippen molar-refractivity contribution < 1.29 is 9.90 Å². The molecule has 1 saturated carbocycles. The third-order valence-electron chi connectivity index (χ3n) is 3.93. The zero-order valence-corrected chi connectivity index (χ0v) is 11.7. The summed E-state index contributed by atoms with van der Waals surface area (Å²) in [6.07, 6.45) is 4.33. The van der Waals surface area contributed by atoms with Gasteiger partial charge in [-0.2, -0.15) is 9.90 Å². The maximum absolute atomic E-state index is 12.1. The molecule has 2 N–H and O–H groups in total. The molecule has 2 aromatic rings. The third kappa shape index (κ3) is 3.11. The number of carbonyl (C=O) groups excluding carboxylic acids is 1. The minimum Gasteiger partial charge on any atom is -0.396 e. The summed E-state index contributed by atoms with van der Waals surface area (Å²) in [5, 5.41) is 20.2. The van der Waals surface area contributed by atoms with Gasteiger partial charge in [0.2, 0.25) is 0 Å². The number of aliphatic hydroxyl groups is 1. The molecule has 0 unspecified atom stereocenters. The summed E-state index contributed by atoms with van der Waals surface area (Å²) in [7, 11) is 0. The van der Waals surface area contributed by atoms with Crippen LogP contribution in [0.1, 0.15) is 29.8 Å². The summed E-state index contributed by atoms with van der Waals surface area (Å²) in [5.74, 6) is -0.221. The highest BCUT2D eigenvalue weighted by Crippen LogP contribution is 2.47. The molecule has 0 saturated heterocycles. The smallest absolute Gasteiger partial charge is 0.273 e. The number of hydrogen-bond acceptors (Lipinski definition) is 4. The Morgan fingerprint density at radius 3 is 2.76 bits per heavy atom. The number of amides is 1. The molecule has 1 fully saturated rings. The molecule has 1 aromatic carbocycles. The van der Waals surface area contributed by atoms with Crippen LogP contribution in [0.25, 0.3) is 5.69 Å². The van der Waals surface area contributed by atoms with Crippen molar-refractivity contribution in [2.45, 2.75) is 19.3 Å². The van der Waals surface area contributed by atoms with Gasteiger partial charge in [-0.3, -0.25) is 4.79 Å². The number of nitrogens with zero attached hydrogens (tertiary/aromatic N) is 3. The van der Waals surface area contributed by atoms with E-state index in [0.717, 1.165) is 24.9 Å². The lowest BCUT2D eigenvalue weighted by Gasteiger charge is -2.13. The predicted octanol–water partition coefficient (Wildman–Crippen LogP) is 1.16. The summed E-state index contributed by atoms with van der Waals surface area (Å²) < 4.78 is 0. The molecule has 21 heavy (non-hydrogen) atoms. The molecule has 110 valence electrons. The summed E-state index contributed by atoms with van der Waals surface area (Å²) >= 11 is 0. The molecule has 1 amide bonds. The number of hydrogen-bond donors (Lipinski definition) is 2. The second-order valence-corrected chi connectivity index (χ2v) is 5.51. The van der Waals surface area contributed by atoms with Gasteiger partial charge in [-0.05, 0) is 36.8 Å². The minimum absolute atomic E-state index is 0.0971. The first-order valence-electron chi connectivity index (χ1n) is 7.09. The number of aliphatic hydroxyl groups excluding tert-OH is 1. The first kappa shape index (κ1) is 13.8. The molecular weight excluding hydrogens is 268 g/mol. The lowest BCUT2D eigenvalue weighted by atomic mass is 10.0. The lowest BCUT2D eigenvalue weighted by Crippen LogP contribution is -2.31. The predicted molar refractivity (Wildman–Crippen MR) is 77.1 cm³/mol. The van der Waals surface area contributed by atoms with E-state index in [-0.39, 0.29) is 17.9 Å². The van der Waals surface area contributed by atoms with E-state index in [1.807, 2.05) is 30.3 Å². The van der Waals surface area contributed by atoms with Crippen molar-refractivity contribution in [3.8, 4) is 5.69 Å². The first-order valence-corrected chi connectivity index (χ1v) is 7.09. The number of para-hydroxylation sites is 1. The molecular formula is C15H18N4O2. The third-order valence-corrected chi connectivity index (χ3v) is 3.93. The van der Waals surface area contributed by atoms with E-state index in [4.69, 9.17) is 5.11 Å². The Morgan fingerprint density at radius 2 is 2.10 bits per heavy atom. The number of benzene rings is 1. The van der Waals surface area contributed by atoms with Gasteiger partial charge in [0.05, 0.1) is 11.9 Å². The summed E-state index contributed by atoms with van der Waals surface area (Å²) in [4.78, 5) is 13.5. The zero-order chi connectivity index (χ0) is 14.7. The quantitative estimate of drug-likeness (QED) is 0.835. The molecule has 1 heterocycles. The van der Waals surface area contributed by atoms with Gasteiger partial charge in [0.15, 0.2) is 5.69 Å². The van der Waals surface area contributed by atoms with E-state index < -0.39 is 0 Å². The number of rotatable bonds is 6. The van der Waals surface area contributed by atoms with E-state index in [1.54, 1.807) is 0 Å². The Hall–Kier alpha value is -2.21. The molecule has 6 nitrogen and oxygen atoms in total.